The molecule has 2 atom stereocenters. The monoisotopic (exact) mass is 200 g/mol. The highest BCUT2D eigenvalue weighted by atomic mass is 16.4. The van der Waals surface area contributed by atoms with Gasteiger partial charge in [-0.25, -0.2) is 4.79 Å². The summed E-state index contributed by atoms with van der Waals surface area (Å²) in [5.74, 6) is -0.0525. The number of rotatable bonds is 1. The Morgan fingerprint density at radius 1 is 1.36 bits per heavy atom. The van der Waals surface area contributed by atoms with Crippen LogP contribution >= 0.6 is 0 Å². The molecular formula is C9H16N2O3. The van der Waals surface area contributed by atoms with Crippen molar-refractivity contribution >= 4 is 12.0 Å². The molecule has 1 saturated heterocycles. The van der Waals surface area contributed by atoms with Crippen molar-refractivity contribution in [2.24, 2.45) is 11.8 Å². The molecular weight excluding hydrogens is 184 g/mol. The fourth-order valence-corrected chi connectivity index (χ4v) is 1.78. The lowest BCUT2D eigenvalue weighted by atomic mass is 9.97. The molecule has 1 aliphatic heterocycles. The predicted molar refractivity (Wildman–Crippen MR) is 50.9 cm³/mol. The van der Waals surface area contributed by atoms with Gasteiger partial charge in [0, 0.05) is 27.2 Å². The molecule has 2 amide bonds. The minimum absolute atomic E-state index is 0.0150. The lowest BCUT2D eigenvalue weighted by Crippen LogP contribution is -2.34. The third-order valence-corrected chi connectivity index (χ3v) is 2.64. The number of carbonyl (C=O) groups is 2. The van der Waals surface area contributed by atoms with Crippen molar-refractivity contribution in [1.82, 2.24) is 9.80 Å². The maximum Gasteiger partial charge on any atom is 0.407 e. The molecule has 0 aromatic rings. The van der Waals surface area contributed by atoms with E-state index in [-0.39, 0.29) is 17.7 Å². The summed E-state index contributed by atoms with van der Waals surface area (Å²) in [5.41, 5.74) is 0. The van der Waals surface area contributed by atoms with Gasteiger partial charge in [-0.3, -0.25) is 4.79 Å². The van der Waals surface area contributed by atoms with Crippen molar-refractivity contribution in [1.29, 1.82) is 0 Å². The van der Waals surface area contributed by atoms with Crippen LogP contribution in [-0.4, -0.2) is 54.1 Å². The maximum atomic E-state index is 11.6. The summed E-state index contributed by atoms with van der Waals surface area (Å²) in [6.07, 6.45) is -0.939. The standard InChI is InChI=1S/C9H16N2O3/c1-6-4-11(9(13)14)5-7(6)8(12)10(2)3/h6-7H,4-5H2,1-3H3,(H,13,14)/t6-,7-/m0/s1. The Labute approximate surface area is 83.3 Å². The summed E-state index contributed by atoms with van der Waals surface area (Å²) in [4.78, 5) is 25.1. The first-order valence-electron chi connectivity index (χ1n) is 4.62. The molecule has 0 aromatic heterocycles. The minimum Gasteiger partial charge on any atom is -0.465 e. The van der Waals surface area contributed by atoms with Gasteiger partial charge >= 0.3 is 6.09 Å². The van der Waals surface area contributed by atoms with E-state index in [4.69, 9.17) is 5.11 Å². The molecule has 0 aromatic carbocycles. The average molecular weight is 200 g/mol. The Morgan fingerprint density at radius 2 is 1.93 bits per heavy atom. The topological polar surface area (TPSA) is 60.9 Å². The summed E-state index contributed by atoms with van der Waals surface area (Å²) in [6, 6.07) is 0. The Bertz CT molecular complexity index is 252. The van der Waals surface area contributed by atoms with Crippen molar-refractivity contribution in [3.05, 3.63) is 0 Å². The maximum absolute atomic E-state index is 11.6. The van der Waals surface area contributed by atoms with Crippen LogP contribution < -0.4 is 0 Å². The summed E-state index contributed by atoms with van der Waals surface area (Å²) in [6.45, 7) is 2.70. The van der Waals surface area contributed by atoms with E-state index in [1.54, 1.807) is 14.1 Å². The third-order valence-electron chi connectivity index (χ3n) is 2.64. The van der Waals surface area contributed by atoms with Gasteiger partial charge in [-0.2, -0.15) is 0 Å². The van der Waals surface area contributed by atoms with Crippen LogP contribution in [0.2, 0.25) is 0 Å². The van der Waals surface area contributed by atoms with Gasteiger partial charge in [0.2, 0.25) is 5.91 Å². The SMILES string of the molecule is C[C@H]1CN(C(=O)O)C[C@@H]1C(=O)N(C)C. The number of hydrogen-bond acceptors (Lipinski definition) is 2. The molecule has 5 heteroatoms. The fraction of sp³-hybridized carbons (Fsp3) is 0.778. The molecule has 1 N–H and O–H groups in total. The highest BCUT2D eigenvalue weighted by Gasteiger charge is 2.37. The van der Waals surface area contributed by atoms with Gasteiger partial charge in [0.1, 0.15) is 0 Å². The van der Waals surface area contributed by atoms with Gasteiger partial charge in [-0.1, -0.05) is 6.92 Å². The first-order chi connectivity index (χ1) is 6.43. The fourth-order valence-electron chi connectivity index (χ4n) is 1.78. The Balaban J connectivity index is 2.65. The zero-order valence-corrected chi connectivity index (χ0v) is 8.73. The van der Waals surface area contributed by atoms with Crippen LogP contribution in [0.4, 0.5) is 4.79 Å². The molecule has 0 unspecified atom stereocenters. The minimum atomic E-state index is -0.939. The first kappa shape index (κ1) is 10.8. The lowest BCUT2D eigenvalue weighted by Gasteiger charge is -2.18. The normalized spacial score (nSPS) is 26.4. The quantitative estimate of drug-likeness (QED) is 0.663. The van der Waals surface area contributed by atoms with E-state index in [0.717, 1.165) is 0 Å². The second kappa shape index (κ2) is 3.86. The van der Waals surface area contributed by atoms with Gasteiger partial charge in [0.05, 0.1) is 5.92 Å². The van der Waals surface area contributed by atoms with Crippen molar-refractivity contribution < 1.29 is 14.7 Å². The van der Waals surface area contributed by atoms with Gasteiger partial charge in [0.25, 0.3) is 0 Å². The molecule has 1 aliphatic rings. The highest BCUT2D eigenvalue weighted by Crippen LogP contribution is 2.24. The van der Waals surface area contributed by atoms with Crippen molar-refractivity contribution in [2.45, 2.75) is 6.92 Å². The van der Waals surface area contributed by atoms with Crippen LogP contribution in [-0.2, 0) is 4.79 Å². The van der Waals surface area contributed by atoms with Crippen LogP contribution in [0.25, 0.3) is 0 Å². The van der Waals surface area contributed by atoms with Gasteiger partial charge in [-0.05, 0) is 5.92 Å². The van der Waals surface area contributed by atoms with E-state index in [0.29, 0.717) is 13.1 Å². The summed E-state index contributed by atoms with van der Waals surface area (Å²) in [5, 5.41) is 8.77. The van der Waals surface area contributed by atoms with Gasteiger partial charge in [0.15, 0.2) is 0 Å². The van der Waals surface area contributed by atoms with E-state index in [2.05, 4.69) is 0 Å². The zero-order chi connectivity index (χ0) is 10.9. The van der Waals surface area contributed by atoms with Crippen molar-refractivity contribution in [3.63, 3.8) is 0 Å². The molecule has 1 fully saturated rings. The molecule has 5 nitrogen and oxygen atoms in total. The molecule has 14 heavy (non-hydrogen) atoms. The number of amides is 2. The molecule has 0 spiro atoms. The third kappa shape index (κ3) is 1.97. The number of carboxylic acid groups (broad SMARTS) is 1. The zero-order valence-electron chi connectivity index (χ0n) is 8.73. The molecule has 1 rings (SSSR count). The van der Waals surface area contributed by atoms with E-state index in [1.165, 1.54) is 9.80 Å². The lowest BCUT2D eigenvalue weighted by molar-refractivity contribution is -0.133. The molecule has 0 saturated carbocycles. The Kier molecular flexibility index (Phi) is 2.98. The molecule has 80 valence electrons. The summed E-state index contributed by atoms with van der Waals surface area (Å²) < 4.78 is 0. The Hall–Kier alpha value is -1.26. The number of nitrogens with zero attached hydrogens (tertiary/aromatic N) is 2. The Morgan fingerprint density at radius 3 is 2.29 bits per heavy atom. The number of carbonyl (C=O) groups excluding carboxylic acids is 1. The highest BCUT2D eigenvalue weighted by molar-refractivity contribution is 5.80. The molecule has 0 bridgehead atoms. The second-order valence-corrected chi connectivity index (χ2v) is 4.00. The predicted octanol–water partition coefficient (Wildman–Crippen LogP) is 0.321. The van der Waals surface area contributed by atoms with Crippen molar-refractivity contribution in [3.8, 4) is 0 Å². The smallest absolute Gasteiger partial charge is 0.407 e. The van der Waals surface area contributed by atoms with E-state index in [1.807, 2.05) is 6.92 Å². The molecule has 0 aliphatic carbocycles. The van der Waals surface area contributed by atoms with Crippen LogP contribution in [0.3, 0.4) is 0 Å². The number of hydrogen-bond donors (Lipinski definition) is 1. The van der Waals surface area contributed by atoms with Crippen LogP contribution in [0, 0.1) is 11.8 Å². The first-order valence-corrected chi connectivity index (χ1v) is 4.62. The second-order valence-electron chi connectivity index (χ2n) is 4.00. The summed E-state index contributed by atoms with van der Waals surface area (Å²) >= 11 is 0. The summed E-state index contributed by atoms with van der Waals surface area (Å²) in [7, 11) is 3.39. The van der Waals surface area contributed by atoms with Crippen LogP contribution in [0.5, 0.6) is 0 Å². The molecule has 1 heterocycles. The van der Waals surface area contributed by atoms with E-state index < -0.39 is 6.09 Å². The largest absolute Gasteiger partial charge is 0.465 e. The van der Waals surface area contributed by atoms with E-state index >= 15 is 0 Å². The van der Waals surface area contributed by atoms with E-state index in [9.17, 15) is 9.59 Å². The van der Waals surface area contributed by atoms with Gasteiger partial charge < -0.3 is 14.9 Å². The van der Waals surface area contributed by atoms with Crippen LogP contribution in [0.1, 0.15) is 6.92 Å². The number of likely N-dealkylation sites (tertiary alicyclic amines) is 1. The van der Waals surface area contributed by atoms with Crippen LogP contribution in [0.15, 0.2) is 0 Å². The van der Waals surface area contributed by atoms with Gasteiger partial charge in [-0.15, -0.1) is 0 Å². The molecule has 0 radical (unpaired) electrons. The average Bonchev–Trinajstić information content (AvgIpc) is 2.46. The van der Waals surface area contributed by atoms with Crippen molar-refractivity contribution in [2.75, 3.05) is 27.2 Å².